The third-order valence-corrected chi connectivity index (χ3v) is 5.89. The average Bonchev–Trinajstić information content (AvgIpc) is 2.89. The van der Waals surface area contributed by atoms with Crippen LogP contribution in [0.4, 0.5) is 25.0 Å². The maximum atomic E-state index is 14.7. The minimum Gasteiger partial charge on any atom is -0.492 e. The van der Waals surface area contributed by atoms with Gasteiger partial charge in [0.05, 0.1) is 23.4 Å². The van der Waals surface area contributed by atoms with Crippen LogP contribution >= 0.6 is 11.8 Å². The van der Waals surface area contributed by atoms with Crippen LogP contribution in [0.15, 0.2) is 66.9 Å². The summed E-state index contributed by atoms with van der Waals surface area (Å²) in [5, 5.41) is 15.1. The molecule has 37 heavy (non-hydrogen) atoms. The molecule has 0 unspecified atom stereocenters. The Hall–Kier alpha value is -4.36. The highest BCUT2D eigenvalue weighted by atomic mass is 32.2. The van der Waals surface area contributed by atoms with Crippen LogP contribution in [0.25, 0.3) is 10.9 Å². The zero-order valence-electron chi connectivity index (χ0n) is 19.8. The molecular weight excluding hydrogens is 498 g/mol. The maximum Gasteiger partial charge on any atom is 0.323 e. The molecule has 0 aliphatic heterocycles. The third-order valence-electron chi connectivity index (χ3n) is 5.19. The van der Waals surface area contributed by atoms with Crippen molar-refractivity contribution in [1.82, 2.24) is 4.98 Å². The Labute approximate surface area is 216 Å². The number of urea groups is 1. The number of benzene rings is 3. The van der Waals surface area contributed by atoms with Crippen LogP contribution in [0.5, 0.6) is 17.2 Å². The van der Waals surface area contributed by atoms with E-state index in [2.05, 4.69) is 21.7 Å². The number of hydrogen-bond donors (Lipinski definition) is 2. The van der Waals surface area contributed by atoms with E-state index in [-0.39, 0.29) is 11.4 Å². The Morgan fingerprint density at radius 3 is 2.59 bits per heavy atom. The minimum absolute atomic E-state index is 0.0680. The number of rotatable bonds is 9. The lowest BCUT2D eigenvalue weighted by Crippen LogP contribution is -2.20. The summed E-state index contributed by atoms with van der Waals surface area (Å²) in [6, 6.07) is 15.6. The number of pyridine rings is 1. The number of hydrogen-bond acceptors (Lipinski definition) is 6. The topological polar surface area (TPSA) is 96.3 Å². The van der Waals surface area contributed by atoms with E-state index in [0.29, 0.717) is 40.3 Å². The molecule has 7 nitrogen and oxygen atoms in total. The first-order valence-corrected chi connectivity index (χ1v) is 12.6. The number of nitriles is 1. The average molecular weight is 521 g/mol. The van der Waals surface area contributed by atoms with E-state index >= 15 is 0 Å². The second kappa shape index (κ2) is 12.1. The van der Waals surface area contributed by atoms with E-state index in [9.17, 15) is 18.8 Å². The van der Waals surface area contributed by atoms with E-state index < -0.39 is 17.7 Å². The molecule has 0 bridgehead atoms. The molecule has 4 aromatic rings. The number of amides is 2. The van der Waals surface area contributed by atoms with Crippen molar-refractivity contribution in [2.75, 3.05) is 29.2 Å². The number of carbonyl (C=O) groups excluding carboxylic acids is 1. The Balaban J connectivity index is 1.49. The number of anilines is 2. The van der Waals surface area contributed by atoms with Crippen molar-refractivity contribution in [1.29, 1.82) is 5.26 Å². The molecule has 0 aliphatic rings. The summed E-state index contributed by atoms with van der Waals surface area (Å²) in [5.41, 5.74) is 1.19. The molecule has 2 amide bonds. The van der Waals surface area contributed by atoms with Gasteiger partial charge in [0.2, 0.25) is 0 Å². The zero-order chi connectivity index (χ0) is 26.2. The normalized spacial score (nSPS) is 10.5. The number of halogens is 2. The summed E-state index contributed by atoms with van der Waals surface area (Å²) < 4.78 is 39.4. The van der Waals surface area contributed by atoms with Gasteiger partial charge in [-0.1, -0.05) is 0 Å². The Morgan fingerprint density at radius 1 is 1.05 bits per heavy atom. The Bertz CT molecular complexity index is 1460. The van der Waals surface area contributed by atoms with Gasteiger partial charge in [-0.05, 0) is 67.0 Å². The fourth-order valence-electron chi connectivity index (χ4n) is 3.44. The van der Waals surface area contributed by atoms with Gasteiger partial charge in [0.15, 0.2) is 0 Å². The quantitative estimate of drug-likeness (QED) is 0.232. The van der Waals surface area contributed by atoms with E-state index in [1.165, 1.54) is 36.4 Å². The predicted octanol–water partition coefficient (Wildman–Crippen LogP) is 6.95. The molecule has 0 saturated carbocycles. The van der Waals surface area contributed by atoms with Crippen LogP contribution in [-0.4, -0.2) is 29.6 Å². The lowest BCUT2D eigenvalue weighted by molar-refractivity contribution is 0.262. The molecule has 3 aromatic carbocycles. The lowest BCUT2D eigenvalue weighted by Gasteiger charge is -2.13. The van der Waals surface area contributed by atoms with Crippen molar-refractivity contribution in [2.24, 2.45) is 0 Å². The van der Waals surface area contributed by atoms with Gasteiger partial charge in [0.1, 0.15) is 35.0 Å². The molecule has 2 N–H and O–H groups in total. The first-order chi connectivity index (χ1) is 18.0. The molecule has 0 spiro atoms. The second-order valence-electron chi connectivity index (χ2n) is 7.81. The number of thioether (sulfide) groups is 1. The molecule has 1 aromatic heterocycles. The monoisotopic (exact) mass is 520 g/mol. The molecule has 0 fully saturated rings. The summed E-state index contributed by atoms with van der Waals surface area (Å²) in [5.74, 6) is 0.809. The summed E-state index contributed by atoms with van der Waals surface area (Å²) in [7, 11) is 0. The second-order valence-corrected chi connectivity index (χ2v) is 8.80. The number of nitrogens with one attached hydrogen (secondary N) is 2. The number of aromatic nitrogens is 1. The number of carbonyl (C=O) groups is 1. The zero-order valence-corrected chi connectivity index (χ0v) is 20.6. The van der Waals surface area contributed by atoms with Crippen LogP contribution in [-0.2, 0) is 0 Å². The van der Waals surface area contributed by atoms with Gasteiger partial charge in [-0.25, -0.2) is 13.6 Å². The fourth-order valence-corrected chi connectivity index (χ4v) is 3.84. The number of fused-ring (bicyclic) bond motifs is 1. The fraction of sp³-hybridized carbons (Fsp3) is 0.148. The minimum atomic E-state index is -0.719. The molecular formula is C27H22F2N4O3S. The summed E-state index contributed by atoms with van der Waals surface area (Å²) in [4.78, 5) is 16.5. The van der Waals surface area contributed by atoms with Gasteiger partial charge < -0.3 is 20.1 Å². The van der Waals surface area contributed by atoms with Gasteiger partial charge in [0, 0.05) is 29.4 Å². The standard InChI is InChI=1S/C27H22F2N4O3S/c1-37-12-2-11-35-26-15-24-21(13-17(26)16-30)25(9-10-31-24)36-20-7-8-23(22(29)14-20)33-27(34)32-19-5-3-18(28)4-6-19/h3-10,13-15H,2,11-12H2,1H3,(H2,32,33,34). The molecule has 1 heterocycles. The highest BCUT2D eigenvalue weighted by Gasteiger charge is 2.13. The largest absolute Gasteiger partial charge is 0.492 e. The van der Waals surface area contributed by atoms with E-state index in [4.69, 9.17) is 9.47 Å². The summed E-state index contributed by atoms with van der Waals surface area (Å²) >= 11 is 1.72. The van der Waals surface area contributed by atoms with Crippen LogP contribution in [0.1, 0.15) is 12.0 Å². The van der Waals surface area contributed by atoms with Gasteiger partial charge in [-0.15, -0.1) is 0 Å². The molecule has 0 saturated heterocycles. The molecule has 10 heteroatoms. The van der Waals surface area contributed by atoms with Crippen molar-refractivity contribution < 1.29 is 23.0 Å². The van der Waals surface area contributed by atoms with Gasteiger partial charge in [-0.2, -0.15) is 17.0 Å². The highest BCUT2D eigenvalue weighted by molar-refractivity contribution is 7.98. The molecule has 0 radical (unpaired) electrons. The molecule has 0 atom stereocenters. The van der Waals surface area contributed by atoms with Gasteiger partial charge >= 0.3 is 6.03 Å². The first-order valence-electron chi connectivity index (χ1n) is 11.2. The van der Waals surface area contributed by atoms with Crippen LogP contribution in [0.2, 0.25) is 0 Å². The summed E-state index contributed by atoms with van der Waals surface area (Å²) in [6.45, 7) is 0.485. The molecule has 188 valence electrons. The SMILES string of the molecule is CSCCCOc1cc2nccc(Oc3ccc(NC(=O)Nc4ccc(F)cc4)c(F)c3)c2cc1C#N. The Morgan fingerprint density at radius 2 is 1.86 bits per heavy atom. The van der Waals surface area contributed by atoms with Crippen molar-refractivity contribution in [3.63, 3.8) is 0 Å². The van der Waals surface area contributed by atoms with Crippen molar-refractivity contribution in [3.05, 3.63) is 84.1 Å². The van der Waals surface area contributed by atoms with Crippen LogP contribution < -0.4 is 20.1 Å². The first kappa shape index (κ1) is 25.7. The van der Waals surface area contributed by atoms with Crippen molar-refractivity contribution in [3.8, 4) is 23.3 Å². The summed E-state index contributed by atoms with van der Waals surface area (Å²) in [6.07, 6.45) is 4.42. The van der Waals surface area contributed by atoms with Crippen molar-refractivity contribution >= 4 is 40.1 Å². The van der Waals surface area contributed by atoms with Gasteiger partial charge in [0.25, 0.3) is 0 Å². The van der Waals surface area contributed by atoms with E-state index in [0.717, 1.165) is 18.2 Å². The molecule has 4 rings (SSSR count). The highest BCUT2D eigenvalue weighted by Crippen LogP contribution is 2.34. The van der Waals surface area contributed by atoms with Crippen LogP contribution in [0, 0.1) is 23.0 Å². The van der Waals surface area contributed by atoms with Crippen molar-refractivity contribution in [2.45, 2.75) is 6.42 Å². The lowest BCUT2D eigenvalue weighted by atomic mass is 10.1. The van der Waals surface area contributed by atoms with E-state index in [1.54, 1.807) is 36.2 Å². The predicted molar refractivity (Wildman–Crippen MR) is 140 cm³/mol. The third kappa shape index (κ3) is 6.65. The van der Waals surface area contributed by atoms with Gasteiger partial charge in [-0.3, -0.25) is 4.98 Å². The van der Waals surface area contributed by atoms with Crippen LogP contribution in [0.3, 0.4) is 0 Å². The smallest absolute Gasteiger partial charge is 0.323 e. The molecule has 0 aliphatic carbocycles. The number of nitrogens with zero attached hydrogens (tertiary/aromatic N) is 2. The number of ether oxygens (including phenoxy) is 2. The maximum absolute atomic E-state index is 14.7. The van der Waals surface area contributed by atoms with E-state index in [1.807, 2.05) is 6.26 Å². The Kier molecular flexibility index (Phi) is 8.38.